The monoisotopic (exact) mass is 214 g/mol. The van der Waals surface area contributed by atoms with E-state index >= 15 is 0 Å². The summed E-state index contributed by atoms with van der Waals surface area (Å²) < 4.78 is 0. The summed E-state index contributed by atoms with van der Waals surface area (Å²) in [4.78, 5) is 11.6. The van der Waals surface area contributed by atoms with Gasteiger partial charge in [-0.3, -0.25) is 4.79 Å². The van der Waals surface area contributed by atoms with Crippen LogP contribution in [0.25, 0.3) is 0 Å². The van der Waals surface area contributed by atoms with Crippen LogP contribution in [0, 0.1) is 0 Å². The number of carboxylic acid groups (broad SMARTS) is 1. The Labute approximate surface area is 84.9 Å². The maximum Gasteiger partial charge on any atom is 0.317 e. The highest BCUT2D eigenvalue weighted by Crippen LogP contribution is 2.41. The number of fused-ring (bicyclic) bond motifs is 1. The molecule has 13 heavy (non-hydrogen) atoms. The molecule has 1 aliphatic rings. The van der Waals surface area contributed by atoms with E-state index in [9.17, 15) is 4.79 Å². The van der Waals surface area contributed by atoms with E-state index in [2.05, 4.69) is 0 Å². The smallest absolute Gasteiger partial charge is 0.317 e. The minimum absolute atomic E-state index is 0.366. The molecule has 1 heterocycles. The molecule has 0 aromatic heterocycles. The molecular formula is C9H7ClO2S. The molecular weight excluding hydrogens is 208 g/mol. The highest BCUT2D eigenvalue weighted by molar-refractivity contribution is 8.01. The van der Waals surface area contributed by atoms with Gasteiger partial charge in [0, 0.05) is 4.90 Å². The summed E-state index contributed by atoms with van der Waals surface area (Å²) in [6.07, 6.45) is 0.579. The van der Waals surface area contributed by atoms with Crippen LogP contribution >= 0.6 is 23.4 Å². The van der Waals surface area contributed by atoms with Crippen molar-refractivity contribution >= 4 is 29.3 Å². The molecule has 68 valence electrons. The van der Waals surface area contributed by atoms with Crippen LogP contribution in [0.3, 0.4) is 0 Å². The van der Waals surface area contributed by atoms with Gasteiger partial charge in [0.2, 0.25) is 0 Å². The standard InChI is InChI=1S/C9H7ClO2S/c10-6-3-1-2-5-4-7(9(11)12)13-8(5)6/h1-3,7H,4H2,(H,11,12). The fourth-order valence-electron chi connectivity index (χ4n) is 1.37. The first-order chi connectivity index (χ1) is 6.18. The van der Waals surface area contributed by atoms with E-state index in [4.69, 9.17) is 16.7 Å². The maximum atomic E-state index is 10.7. The van der Waals surface area contributed by atoms with Gasteiger partial charge in [-0.2, -0.15) is 0 Å². The lowest BCUT2D eigenvalue weighted by Gasteiger charge is -1.99. The van der Waals surface area contributed by atoms with E-state index in [-0.39, 0.29) is 5.25 Å². The fourth-order valence-corrected chi connectivity index (χ4v) is 2.83. The zero-order chi connectivity index (χ0) is 9.42. The summed E-state index contributed by atoms with van der Waals surface area (Å²) in [5, 5.41) is 9.11. The molecule has 0 aliphatic carbocycles. The molecule has 2 nitrogen and oxygen atoms in total. The van der Waals surface area contributed by atoms with Crippen molar-refractivity contribution in [2.75, 3.05) is 0 Å². The van der Waals surface area contributed by atoms with Crippen LogP contribution in [0.15, 0.2) is 23.1 Å². The number of halogens is 1. The summed E-state index contributed by atoms with van der Waals surface area (Å²) in [6.45, 7) is 0. The van der Waals surface area contributed by atoms with Crippen molar-refractivity contribution < 1.29 is 9.90 Å². The Morgan fingerprint density at radius 3 is 3.00 bits per heavy atom. The fraction of sp³-hybridized carbons (Fsp3) is 0.222. The Kier molecular flexibility index (Phi) is 2.22. The summed E-state index contributed by atoms with van der Waals surface area (Å²) in [5.74, 6) is -0.766. The first kappa shape index (κ1) is 8.91. The summed E-state index contributed by atoms with van der Waals surface area (Å²) in [7, 11) is 0. The zero-order valence-corrected chi connectivity index (χ0v) is 8.23. The SMILES string of the molecule is O=C(O)C1Cc2cccc(Cl)c2S1. The van der Waals surface area contributed by atoms with E-state index in [1.807, 2.05) is 12.1 Å². The average molecular weight is 215 g/mol. The number of rotatable bonds is 1. The highest BCUT2D eigenvalue weighted by Gasteiger charge is 2.29. The van der Waals surface area contributed by atoms with Crippen LogP contribution in [0.2, 0.25) is 5.02 Å². The van der Waals surface area contributed by atoms with Gasteiger partial charge in [0.1, 0.15) is 5.25 Å². The van der Waals surface area contributed by atoms with Crippen LogP contribution in [-0.2, 0) is 11.2 Å². The normalized spacial score (nSPS) is 19.9. The van der Waals surface area contributed by atoms with Gasteiger partial charge in [-0.1, -0.05) is 23.7 Å². The molecule has 0 saturated heterocycles. The van der Waals surface area contributed by atoms with Crippen LogP contribution < -0.4 is 0 Å². The quantitative estimate of drug-likeness (QED) is 0.780. The molecule has 2 rings (SSSR count). The second-order valence-corrected chi connectivity index (χ2v) is 4.50. The Bertz CT molecular complexity index is 365. The molecule has 1 aromatic carbocycles. The number of thioether (sulfide) groups is 1. The van der Waals surface area contributed by atoms with Gasteiger partial charge >= 0.3 is 5.97 Å². The molecule has 1 aromatic rings. The average Bonchev–Trinajstić information content (AvgIpc) is 2.49. The van der Waals surface area contributed by atoms with E-state index in [1.165, 1.54) is 11.8 Å². The second-order valence-electron chi connectivity index (χ2n) is 2.88. The lowest BCUT2D eigenvalue weighted by Crippen LogP contribution is -2.14. The van der Waals surface area contributed by atoms with Crippen LogP contribution in [0.4, 0.5) is 0 Å². The van der Waals surface area contributed by atoms with Gasteiger partial charge in [0.05, 0.1) is 5.02 Å². The van der Waals surface area contributed by atoms with Crippen LogP contribution in [0.1, 0.15) is 5.56 Å². The first-order valence-electron chi connectivity index (χ1n) is 3.85. The third kappa shape index (κ3) is 1.54. The number of hydrogen-bond acceptors (Lipinski definition) is 2. The second kappa shape index (κ2) is 3.24. The van der Waals surface area contributed by atoms with Crippen molar-refractivity contribution in [1.29, 1.82) is 0 Å². The van der Waals surface area contributed by atoms with Crippen molar-refractivity contribution in [3.63, 3.8) is 0 Å². The van der Waals surface area contributed by atoms with Crippen molar-refractivity contribution in [3.05, 3.63) is 28.8 Å². The molecule has 1 atom stereocenters. The summed E-state index contributed by atoms with van der Waals surface area (Å²) in [6, 6.07) is 5.57. The van der Waals surface area contributed by atoms with Crippen molar-refractivity contribution in [3.8, 4) is 0 Å². The Balaban J connectivity index is 2.35. The Morgan fingerprint density at radius 2 is 2.38 bits per heavy atom. The van der Waals surface area contributed by atoms with Gasteiger partial charge < -0.3 is 5.11 Å². The number of carbonyl (C=O) groups is 1. The molecule has 0 saturated carbocycles. The lowest BCUT2D eigenvalue weighted by molar-refractivity contribution is -0.136. The molecule has 1 aliphatic heterocycles. The van der Waals surface area contributed by atoms with E-state index in [0.29, 0.717) is 11.4 Å². The molecule has 1 N–H and O–H groups in total. The Morgan fingerprint density at radius 1 is 1.62 bits per heavy atom. The minimum atomic E-state index is -0.766. The van der Waals surface area contributed by atoms with Gasteiger partial charge in [-0.15, -0.1) is 11.8 Å². The van der Waals surface area contributed by atoms with Gasteiger partial charge in [0.25, 0.3) is 0 Å². The summed E-state index contributed by atoms with van der Waals surface area (Å²) in [5.41, 5.74) is 1.05. The number of carboxylic acids is 1. The van der Waals surface area contributed by atoms with Gasteiger partial charge in [-0.25, -0.2) is 0 Å². The molecule has 0 bridgehead atoms. The number of hydrogen-bond donors (Lipinski definition) is 1. The molecule has 1 unspecified atom stereocenters. The van der Waals surface area contributed by atoms with E-state index in [1.54, 1.807) is 6.07 Å². The molecule has 0 spiro atoms. The highest BCUT2D eigenvalue weighted by atomic mass is 35.5. The van der Waals surface area contributed by atoms with Crippen molar-refractivity contribution in [2.45, 2.75) is 16.6 Å². The Hall–Kier alpha value is -0.670. The first-order valence-corrected chi connectivity index (χ1v) is 5.11. The van der Waals surface area contributed by atoms with E-state index < -0.39 is 5.97 Å². The van der Waals surface area contributed by atoms with E-state index in [0.717, 1.165) is 10.5 Å². The van der Waals surface area contributed by atoms with Crippen molar-refractivity contribution in [1.82, 2.24) is 0 Å². The minimum Gasteiger partial charge on any atom is -0.480 e. The summed E-state index contributed by atoms with van der Waals surface area (Å²) >= 11 is 7.27. The predicted molar refractivity (Wildman–Crippen MR) is 52.4 cm³/mol. The molecule has 4 heteroatoms. The number of aliphatic carboxylic acids is 1. The third-order valence-corrected chi connectivity index (χ3v) is 3.79. The third-order valence-electron chi connectivity index (χ3n) is 1.99. The molecule has 0 amide bonds. The lowest BCUT2D eigenvalue weighted by atomic mass is 10.1. The maximum absolute atomic E-state index is 10.7. The van der Waals surface area contributed by atoms with Gasteiger partial charge in [-0.05, 0) is 18.1 Å². The zero-order valence-electron chi connectivity index (χ0n) is 6.66. The number of benzene rings is 1. The topological polar surface area (TPSA) is 37.3 Å². The predicted octanol–water partition coefficient (Wildman–Crippen LogP) is 2.44. The largest absolute Gasteiger partial charge is 0.480 e. The molecule has 0 fully saturated rings. The molecule has 0 radical (unpaired) electrons. The van der Waals surface area contributed by atoms with Crippen molar-refractivity contribution in [2.24, 2.45) is 0 Å². The van der Waals surface area contributed by atoms with Gasteiger partial charge in [0.15, 0.2) is 0 Å². The van der Waals surface area contributed by atoms with Crippen LogP contribution in [-0.4, -0.2) is 16.3 Å². The van der Waals surface area contributed by atoms with Crippen LogP contribution in [0.5, 0.6) is 0 Å².